The zero-order valence-corrected chi connectivity index (χ0v) is 15.8. The second kappa shape index (κ2) is 7.54. The van der Waals surface area contributed by atoms with Gasteiger partial charge in [0.25, 0.3) is 5.91 Å². The van der Waals surface area contributed by atoms with Crippen molar-refractivity contribution in [2.75, 3.05) is 13.2 Å². The second-order valence-electron chi connectivity index (χ2n) is 7.02. The van der Waals surface area contributed by atoms with Crippen molar-refractivity contribution in [3.63, 3.8) is 0 Å². The number of imide groups is 1. The lowest BCUT2D eigenvalue weighted by atomic mass is 9.91. The van der Waals surface area contributed by atoms with Gasteiger partial charge in [0.2, 0.25) is 5.91 Å². The van der Waals surface area contributed by atoms with Crippen LogP contribution in [0, 0.1) is 16.7 Å². The van der Waals surface area contributed by atoms with E-state index in [9.17, 15) is 18.0 Å². The monoisotopic (exact) mass is 371 g/mol. The number of rotatable bonds is 5. The number of allylic oxidation sites excluding steroid dienone is 1. The average molecular weight is 371 g/mol. The summed E-state index contributed by atoms with van der Waals surface area (Å²) in [6, 6.07) is 1.93. The lowest BCUT2D eigenvalue weighted by molar-refractivity contribution is -0.129. The molecule has 1 saturated heterocycles. The highest BCUT2D eigenvalue weighted by molar-refractivity contribution is 7.94. The van der Waals surface area contributed by atoms with E-state index in [2.05, 4.69) is 0 Å². The Bertz CT molecular complexity index is 711. The summed E-state index contributed by atoms with van der Waals surface area (Å²) in [5, 5.41) is 10.3. The molecule has 0 unspecified atom stereocenters. The van der Waals surface area contributed by atoms with Gasteiger partial charge in [0.05, 0.1) is 16.7 Å². The molecule has 140 valence electrons. The Kier molecular flexibility index (Phi) is 6.37. The van der Waals surface area contributed by atoms with Gasteiger partial charge < -0.3 is 10.5 Å². The summed E-state index contributed by atoms with van der Waals surface area (Å²) in [6.45, 7) is 6.23. The first-order valence-corrected chi connectivity index (χ1v) is 9.46. The first-order valence-electron chi connectivity index (χ1n) is 7.91. The molecule has 0 aromatic rings. The van der Waals surface area contributed by atoms with Gasteiger partial charge in [-0.15, -0.1) is 0 Å². The third kappa shape index (κ3) is 4.58. The van der Waals surface area contributed by atoms with Crippen LogP contribution in [0.3, 0.4) is 0 Å². The maximum absolute atomic E-state index is 12.7. The highest BCUT2D eigenvalue weighted by Gasteiger charge is 2.47. The van der Waals surface area contributed by atoms with E-state index in [0.29, 0.717) is 26.1 Å². The molecule has 1 rings (SSSR count). The lowest BCUT2D eigenvalue weighted by Gasteiger charge is -2.30. The van der Waals surface area contributed by atoms with Crippen LogP contribution in [-0.4, -0.2) is 43.4 Å². The summed E-state index contributed by atoms with van der Waals surface area (Å²) in [4.78, 5) is 24.4. The summed E-state index contributed by atoms with van der Waals surface area (Å²) >= 11 is 0. The van der Waals surface area contributed by atoms with Crippen molar-refractivity contribution in [1.82, 2.24) is 5.32 Å². The van der Waals surface area contributed by atoms with Gasteiger partial charge in [-0.05, 0) is 40.5 Å². The largest absolute Gasteiger partial charge is 0.401 e. The molecular formula is C16H25N3O5S. The standard InChI is InChI=1S/C16H25N3O5S/c1-15(2,10-17)12(18)9-13(20)19-14(21)16(3,4)25(22,23)11-5-7-24-8-6-11/h9,11H,5-8,18H2,1-4H3,(H,19,20,21). The van der Waals surface area contributed by atoms with Crippen molar-refractivity contribution in [2.24, 2.45) is 11.1 Å². The fourth-order valence-corrected chi connectivity index (χ4v) is 4.17. The first-order chi connectivity index (χ1) is 11.4. The summed E-state index contributed by atoms with van der Waals surface area (Å²) in [5.74, 6) is -1.79. The molecular weight excluding hydrogens is 346 g/mol. The number of carbonyl (C=O) groups excluding carboxylic acids is 2. The molecule has 0 aromatic heterocycles. The van der Waals surface area contributed by atoms with E-state index >= 15 is 0 Å². The van der Waals surface area contributed by atoms with Gasteiger partial charge in [-0.25, -0.2) is 8.42 Å². The van der Waals surface area contributed by atoms with Crippen molar-refractivity contribution in [3.05, 3.63) is 11.8 Å². The number of ether oxygens (including phenoxy) is 1. The van der Waals surface area contributed by atoms with Gasteiger partial charge in [0.15, 0.2) is 9.84 Å². The van der Waals surface area contributed by atoms with Crippen LogP contribution in [-0.2, 0) is 24.2 Å². The van der Waals surface area contributed by atoms with Crippen LogP contribution in [0.25, 0.3) is 0 Å². The maximum Gasteiger partial charge on any atom is 0.252 e. The van der Waals surface area contributed by atoms with Crippen molar-refractivity contribution < 1.29 is 22.7 Å². The molecule has 3 N–H and O–H groups in total. The smallest absolute Gasteiger partial charge is 0.252 e. The van der Waals surface area contributed by atoms with Crippen LogP contribution >= 0.6 is 0 Å². The molecule has 25 heavy (non-hydrogen) atoms. The van der Waals surface area contributed by atoms with Crippen LogP contribution in [0.4, 0.5) is 0 Å². The molecule has 0 radical (unpaired) electrons. The summed E-state index contributed by atoms with van der Waals surface area (Å²) in [6.07, 6.45) is 1.56. The zero-order chi connectivity index (χ0) is 19.5. The Hall–Kier alpha value is -1.92. The number of hydrogen-bond acceptors (Lipinski definition) is 7. The van der Waals surface area contributed by atoms with E-state index in [4.69, 9.17) is 15.7 Å². The van der Waals surface area contributed by atoms with Crippen molar-refractivity contribution >= 4 is 21.7 Å². The Morgan fingerprint density at radius 3 is 2.24 bits per heavy atom. The van der Waals surface area contributed by atoms with Gasteiger partial charge in [-0.3, -0.25) is 14.9 Å². The van der Waals surface area contributed by atoms with Gasteiger partial charge in [0, 0.05) is 25.0 Å². The van der Waals surface area contributed by atoms with Gasteiger partial charge >= 0.3 is 0 Å². The average Bonchev–Trinajstić information content (AvgIpc) is 2.55. The SMILES string of the molecule is CC(C)(C#N)C(N)=CC(=O)NC(=O)C(C)(C)S(=O)(=O)C1CCOCC1. The van der Waals surface area contributed by atoms with Crippen molar-refractivity contribution in [2.45, 2.75) is 50.5 Å². The minimum atomic E-state index is -3.82. The Morgan fingerprint density at radius 2 is 1.76 bits per heavy atom. The van der Waals surface area contributed by atoms with Crippen LogP contribution in [0.5, 0.6) is 0 Å². The Morgan fingerprint density at radius 1 is 1.24 bits per heavy atom. The number of nitrogens with two attached hydrogens (primary N) is 1. The van der Waals surface area contributed by atoms with Gasteiger partial charge in [-0.2, -0.15) is 5.26 Å². The van der Waals surface area contributed by atoms with E-state index in [1.54, 1.807) is 0 Å². The molecule has 1 fully saturated rings. The third-order valence-corrected chi connectivity index (χ3v) is 7.35. The number of hydrogen-bond donors (Lipinski definition) is 2. The van der Waals surface area contributed by atoms with Crippen LogP contribution in [0.1, 0.15) is 40.5 Å². The predicted molar refractivity (Wildman–Crippen MR) is 91.7 cm³/mol. The highest BCUT2D eigenvalue weighted by Crippen LogP contribution is 2.28. The molecule has 0 saturated carbocycles. The summed E-state index contributed by atoms with van der Waals surface area (Å²) in [5.41, 5.74) is 4.58. The molecule has 0 atom stereocenters. The van der Waals surface area contributed by atoms with E-state index in [1.165, 1.54) is 27.7 Å². The molecule has 0 bridgehead atoms. The topological polar surface area (TPSA) is 139 Å². The summed E-state index contributed by atoms with van der Waals surface area (Å²) in [7, 11) is -3.82. The lowest BCUT2D eigenvalue weighted by Crippen LogP contribution is -2.53. The third-order valence-electron chi connectivity index (χ3n) is 4.39. The molecule has 1 aliphatic heterocycles. The van der Waals surface area contributed by atoms with E-state index in [-0.39, 0.29) is 5.70 Å². The number of nitrogens with zero attached hydrogens (tertiary/aromatic N) is 1. The number of carbonyl (C=O) groups is 2. The minimum absolute atomic E-state index is 0.0228. The number of amides is 2. The quantitative estimate of drug-likeness (QED) is 0.666. The van der Waals surface area contributed by atoms with Crippen LogP contribution < -0.4 is 11.1 Å². The predicted octanol–water partition coefficient (Wildman–Crippen LogP) is 0.394. The molecule has 1 aliphatic rings. The maximum atomic E-state index is 12.7. The highest BCUT2D eigenvalue weighted by atomic mass is 32.2. The molecule has 0 aromatic carbocycles. The first kappa shape index (κ1) is 21.1. The fraction of sp³-hybridized carbons (Fsp3) is 0.688. The van der Waals surface area contributed by atoms with Gasteiger partial charge in [0.1, 0.15) is 4.75 Å². The van der Waals surface area contributed by atoms with E-state index in [0.717, 1.165) is 6.08 Å². The molecule has 1 heterocycles. The van der Waals surface area contributed by atoms with Gasteiger partial charge in [-0.1, -0.05) is 0 Å². The summed E-state index contributed by atoms with van der Waals surface area (Å²) < 4.78 is 28.9. The van der Waals surface area contributed by atoms with Crippen LogP contribution in [0.15, 0.2) is 11.8 Å². The number of nitrogens with one attached hydrogen (secondary N) is 1. The zero-order valence-electron chi connectivity index (χ0n) is 15.0. The minimum Gasteiger partial charge on any atom is -0.401 e. The molecule has 0 aliphatic carbocycles. The molecule has 2 amide bonds. The number of nitriles is 1. The van der Waals surface area contributed by atoms with E-state index in [1.807, 2.05) is 11.4 Å². The fourth-order valence-electron chi connectivity index (χ4n) is 2.22. The van der Waals surface area contributed by atoms with Crippen LogP contribution in [0.2, 0.25) is 0 Å². The Labute approximate surface area is 148 Å². The second-order valence-corrected chi connectivity index (χ2v) is 9.80. The van der Waals surface area contributed by atoms with E-state index < -0.39 is 37.1 Å². The molecule has 8 nitrogen and oxygen atoms in total. The molecule has 9 heteroatoms. The van der Waals surface area contributed by atoms with Crippen molar-refractivity contribution in [3.8, 4) is 6.07 Å². The Balaban J connectivity index is 2.93. The normalized spacial score (nSPS) is 17.6. The number of sulfone groups is 1. The van der Waals surface area contributed by atoms with Crippen molar-refractivity contribution in [1.29, 1.82) is 5.26 Å². The molecule has 0 spiro atoms.